The molecule has 128 valence electrons. The minimum absolute atomic E-state index is 0. The fourth-order valence-corrected chi connectivity index (χ4v) is 3.92. The lowest BCUT2D eigenvalue weighted by Gasteiger charge is -2.24. The molecule has 0 amide bonds. The van der Waals surface area contributed by atoms with Crippen molar-refractivity contribution in [2.45, 2.75) is 12.3 Å². The molecule has 0 spiro atoms. The smallest absolute Gasteiger partial charge is 0.172 e. The third-order valence-corrected chi connectivity index (χ3v) is 5.29. The Labute approximate surface area is 161 Å². The van der Waals surface area contributed by atoms with Crippen LogP contribution in [0, 0.1) is 0 Å². The standard InChI is InChI=1S/C19H20BrNO2.BrH/c1-2-9-21-10-8-14-15(11-17(22)19(23)18(14)20)16(12-21)13-6-4-3-5-7-13;/h2-7,11,16,22-23H,1,8-10,12H2;1H/t16-;/m0./s1. The zero-order valence-electron chi connectivity index (χ0n) is 13.3. The van der Waals surface area contributed by atoms with Gasteiger partial charge in [-0.3, -0.25) is 4.90 Å². The van der Waals surface area contributed by atoms with Gasteiger partial charge in [-0.15, -0.1) is 23.6 Å². The summed E-state index contributed by atoms with van der Waals surface area (Å²) >= 11 is 3.46. The third kappa shape index (κ3) is 3.68. The Morgan fingerprint density at radius 1 is 1.25 bits per heavy atom. The van der Waals surface area contributed by atoms with Crippen molar-refractivity contribution in [1.29, 1.82) is 0 Å². The normalized spacial score (nSPS) is 17.5. The molecule has 0 aromatic heterocycles. The van der Waals surface area contributed by atoms with Crippen molar-refractivity contribution in [1.82, 2.24) is 4.90 Å². The Morgan fingerprint density at radius 2 is 1.96 bits per heavy atom. The van der Waals surface area contributed by atoms with Crippen molar-refractivity contribution in [3.63, 3.8) is 0 Å². The number of fused-ring (bicyclic) bond motifs is 1. The molecule has 1 atom stereocenters. The fraction of sp³-hybridized carbons (Fsp3) is 0.263. The van der Waals surface area contributed by atoms with Crippen molar-refractivity contribution in [2.24, 2.45) is 0 Å². The van der Waals surface area contributed by atoms with E-state index in [0.29, 0.717) is 4.47 Å². The highest BCUT2D eigenvalue weighted by molar-refractivity contribution is 9.10. The van der Waals surface area contributed by atoms with E-state index in [0.717, 1.165) is 37.2 Å². The first-order valence-corrected chi connectivity index (χ1v) is 8.52. The zero-order chi connectivity index (χ0) is 16.4. The molecule has 0 saturated carbocycles. The van der Waals surface area contributed by atoms with Gasteiger partial charge in [0.15, 0.2) is 11.5 Å². The number of phenols is 2. The van der Waals surface area contributed by atoms with Crippen LogP contribution in [0.15, 0.2) is 53.5 Å². The topological polar surface area (TPSA) is 43.7 Å². The van der Waals surface area contributed by atoms with Gasteiger partial charge in [0.05, 0.1) is 4.47 Å². The molecular weight excluding hydrogens is 434 g/mol. The van der Waals surface area contributed by atoms with Crippen LogP contribution in [-0.4, -0.2) is 34.7 Å². The van der Waals surface area contributed by atoms with Gasteiger partial charge in [-0.25, -0.2) is 0 Å². The van der Waals surface area contributed by atoms with Crippen molar-refractivity contribution in [3.05, 3.63) is 70.2 Å². The van der Waals surface area contributed by atoms with Gasteiger partial charge < -0.3 is 10.2 Å². The van der Waals surface area contributed by atoms with Crippen LogP contribution in [0.25, 0.3) is 0 Å². The molecule has 2 aromatic rings. The molecule has 1 aliphatic rings. The summed E-state index contributed by atoms with van der Waals surface area (Å²) in [5, 5.41) is 20.1. The van der Waals surface area contributed by atoms with E-state index in [-0.39, 0.29) is 34.4 Å². The SMILES string of the molecule is Br.C=CCN1CCc2c(cc(O)c(O)c2Br)[C@H](c2ccccc2)C1. The molecule has 0 saturated heterocycles. The molecule has 0 unspecified atom stereocenters. The van der Waals surface area contributed by atoms with Crippen molar-refractivity contribution >= 4 is 32.9 Å². The van der Waals surface area contributed by atoms with Gasteiger partial charge >= 0.3 is 0 Å². The maximum atomic E-state index is 10.1. The fourth-order valence-electron chi connectivity index (χ4n) is 3.29. The lowest BCUT2D eigenvalue weighted by atomic mass is 9.87. The van der Waals surface area contributed by atoms with Gasteiger partial charge in [0.2, 0.25) is 0 Å². The number of benzene rings is 2. The van der Waals surface area contributed by atoms with E-state index in [1.807, 2.05) is 24.3 Å². The predicted molar refractivity (Wildman–Crippen MR) is 106 cm³/mol. The lowest BCUT2D eigenvalue weighted by molar-refractivity contribution is 0.306. The molecule has 0 radical (unpaired) electrons. The minimum atomic E-state index is -0.0762. The summed E-state index contributed by atoms with van der Waals surface area (Å²) < 4.78 is 0.605. The van der Waals surface area contributed by atoms with Crippen molar-refractivity contribution in [2.75, 3.05) is 19.6 Å². The largest absolute Gasteiger partial charge is 0.504 e. The number of halogens is 2. The number of hydrogen-bond donors (Lipinski definition) is 2. The average molecular weight is 455 g/mol. The molecule has 24 heavy (non-hydrogen) atoms. The predicted octanol–water partition coefficient (Wildman–Crippen LogP) is 4.61. The summed E-state index contributed by atoms with van der Waals surface area (Å²) in [4.78, 5) is 2.35. The number of phenolic OH excluding ortho intramolecular Hbond substituents is 2. The second-order valence-corrected chi connectivity index (χ2v) is 6.68. The Bertz CT molecular complexity index is 719. The molecule has 5 heteroatoms. The highest BCUT2D eigenvalue weighted by Crippen LogP contribution is 2.43. The lowest BCUT2D eigenvalue weighted by Crippen LogP contribution is -2.28. The highest BCUT2D eigenvalue weighted by atomic mass is 79.9. The van der Waals surface area contributed by atoms with Crippen molar-refractivity contribution < 1.29 is 10.2 Å². The van der Waals surface area contributed by atoms with Crippen LogP contribution in [0.3, 0.4) is 0 Å². The molecule has 0 bridgehead atoms. The first-order valence-electron chi connectivity index (χ1n) is 7.73. The van der Waals surface area contributed by atoms with E-state index in [4.69, 9.17) is 0 Å². The minimum Gasteiger partial charge on any atom is -0.504 e. The number of rotatable bonds is 3. The zero-order valence-corrected chi connectivity index (χ0v) is 16.6. The van der Waals surface area contributed by atoms with Crippen LogP contribution in [-0.2, 0) is 6.42 Å². The van der Waals surface area contributed by atoms with Crippen LogP contribution in [0.1, 0.15) is 22.6 Å². The Kier molecular flexibility index (Phi) is 6.49. The molecule has 1 heterocycles. The first kappa shape index (κ1) is 19.0. The molecule has 1 aliphatic heterocycles. The summed E-state index contributed by atoms with van der Waals surface area (Å²) in [6, 6.07) is 12.0. The molecule has 0 aliphatic carbocycles. The maximum absolute atomic E-state index is 10.1. The van der Waals surface area contributed by atoms with Gasteiger partial charge in [-0.05, 0) is 45.1 Å². The monoisotopic (exact) mass is 453 g/mol. The molecule has 2 N–H and O–H groups in total. The summed E-state index contributed by atoms with van der Waals surface area (Å²) in [5.74, 6) is -0.00194. The van der Waals surface area contributed by atoms with E-state index >= 15 is 0 Å². The van der Waals surface area contributed by atoms with Crippen LogP contribution >= 0.6 is 32.9 Å². The Hall–Kier alpha value is -1.30. The van der Waals surface area contributed by atoms with Gasteiger partial charge in [0, 0.05) is 25.6 Å². The van der Waals surface area contributed by atoms with Crippen LogP contribution < -0.4 is 0 Å². The summed E-state index contributed by atoms with van der Waals surface area (Å²) in [7, 11) is 0. The quantitative estimate of drug-likeness (QED) is 0.525. The van der Waals surface area contributed by atoms with E-state index in [9.17, 15) is 10.2 Å². The van der Waals surface area contributed by atoms with E-state index in [2.05, 4.69) is 39.5 Å². The van der Waals surface area contributed by atoms with Gasteiger partial charge in [-0.2, -0.15) is 0 Å². The molecular formula is C19H21Br2NO2. The average Bonchev–Trinajstić information content (AvgIpc) is 2.74. The second kappa shape index (κ2) is 8.19. The third-order valence-electron chi connectivity index (χ3n) is 4.44. The van der Waals surface area contributed by atoms with Crippen LogP contribution in [0.4, 0.5) is 0 Å². The molecule has 2 aromatic carbocycles. The molecule has 3 nitrogen and oxygen atoms in total. The summed E-state index contributed by atoms with van der Waals surface area (Å²) in [6.07, 6.45) is 2.74. The van der Waals surface area contributed by atoms with Gasteiger partial charge in [0.25, 0.3) is 0 Å². The number of hydrogen-bond acceptors (Lipinski definition) is 3. The molecule has 0 fully saturated rings. The number of aromatic hydroxyl groups is 2. The van der Waals surface area contributed by atoms with Gasteiger partial charge in [-0.1, -0.05) is 36.4 Å². The molecule has 3 rings (SSSR count). The van der Waals surface area contributed by atoms with E-state index in [1.54, 1.807) is 6.07 Å². The Balaban J connectivity index is 0.00000208. The summed E-state index contributed by atoms with van der Waals surface area (Å²) in [5.41, 5.74) is 3.35. The Morgan fingerprint density at radius 3 is 2.62 bits per heavy atom. The first-order chi connectivity index (χ1) is 11.1. The van der Waals surface area contributed by atoms with Crippen LogP contribution in [0.2, 0.25) is 0 Å². The van der Waals surface area contributed by atoms with E-state index in [1.165, 1.54) is 5.56 Å². The second-order valence-electron chi connectivity index (χ2n) is 5.89. The van der Waals surface area contributed by atoms with Crippen molar-refractivity contribution in [3.8, 4) is 11.5 Å². The van der Waals surface area contributed by atoms with E-state index < -0.39 is 0 Å². The van der Waals surface area contributed by atoms with Crippen LogP contribution in [0.5, 0.6) is 11.5 Å². The summed E-state index contributed by atoms with van der Waals surface area (Å²) in [6.45, 7) is 6.43. The van der Waals surface area contributed by atoms with Gasteiger partial charge in [0.1, 0.15) is 0 Å². The number of nitrogens with zero attached hydrogens (tertiary/aromatic N) is 1. The highest BCUT2D eigenvalue weighted by Gasteiger charge is 2.27. The maximum Gasteiger partial charge on any atom is 0.172 e.